The Balaban J connectivity index is 2.16. The zero-order valence-electron chi connectivity index (χ0n) is 12.5. The maximum Gasteiger partial charge on any atom is 0.320 e. The second-order valence-electron chi connectivity index (χ2n) is 5.37. The number of nitrogens with two attached hydrogens (primary N) is 1. The molecular weight excluding hydrogens is 312 g/mol. The molecule has 0 bridgehead atoms. The van der Waals surface area contributed by atoms with E-state index in [1.54, 1.807) is 36.8 Å². The normalized spacial score (nSPS) is 12.2. The minimum absolute atomic E-state index is 0.00474. The van der Waals surface area contributed by atoms with Crippen LogP contribution in [-0.4, -0.2) is 32.0 Å². The number of H-pyrrole nitrogens is 1. The molecule has 8 heteroatoms. The van der Waals surface area contributed by atoms with Gasteiger partial charge in [0.05, 0.1) is 15.8 Å². The van der Waals surface area contributed by atoms with Crippen LogP contribution in [0.5, 0.6) is 0 Å². The number of nitro benzene ring substituents is 1. The average molecular weight is 326 g/mol. The Morgan fingerprint density at radius 1 is 1.33 bits per heavy atom. The molecule has 0 saturated heterocycles. The molecular formula is C16H14N4O4. The van der Waals surface area contributed by atoms with Crippen LogP contribution in [0.4, 0.5) is 5.69 Å². The number of carboxylic acid groups (broad SMARTS) is 1. The summed E-state index contributed by atoms with van der Waals surface area (Å²) in [5, 5.41) is 20.8. The Morgan fingerprint density at radius 3 is 2.67 bits per heavy atom. The number of carbonyl (C=O) groups is 1. The second kappa shape index (κ2) is 6.09. The highest BCUT2D eigenvalue weighted by atomic mass is 16.6. The van der Waals surface area contributed by atoms with E-state index in [0.717, 1.165) is 5.56 Å². The number of aromatic nitrogens is 2. The SMILES string of the molecule is N[C@@H](Cc1c[nH]c2cc(-c3ccncc3)cc([N+](=O)[O-])c12)C(=O)O. The van der Waals surface area contributed by atoms with Gasteiger partial charge in [-0.1, -0.05) is 0 Å². The highest BCUT2D eigenvalue weighted by molar-refractivity contribution is 5.96. The molecule has 0 aliphatic rings. The number of benzene rings is 1. The van der Waals surface area contributed by atoms with Crippen molar-refractivity contribution in [2.75, 3.05) is 0 Å². The number of carboxylic acids is 1. The first-order chi connectivity index (χ1) is 11.5. The summed E-state index contributed by atoms with van der Waals surface area (Å²) in [5.41, 5.74) is 8.01. The van der Waals surface area contributed by atoms with Crippen molar-refractivity contribution in [3.05, 3.63) is 58.5 Å². The van der Waals surface area contributed by atoms with Crippen LogP contribution in [0.3, 0.4) is 0 Å². The van der Waals surface area contributed by atoms with Gasteiger partial charge in [-0.25, -0.2) is 0 Å². The Bertz CT molecular complexity index is 920. The smallest absolute Gasteiger partial charge is 0.320 e. The van der Waals surface area contributed by atoms with Gasteiger partial charge in [-0.05, 0) is 34.9 Å². The van der Waals surface area contributed by atoms with Crippen molar-refractivity contribution in [1.82, 2.24) is 9.97 Å². The Kier molecular flexibility index (Phi) is 3.97. The Morgan fingerprint density at radius 2 is 2.04 bits per heavy atom. The Hall–Kier alpha value is -3.26. The lowest BCUT2D eigenvalue weighted by Gasteiger charge is -2.07. The third-order valence-corrected chi connectivity index (χ3v) is 3.81. The number of nitro groups is 1. The molecule has 0 radical (unpaired) electrons. The minimum atomic E-state index is -1.15. The van der Waals surface area contributed by atoms with Gasteiger partial charge in [0, 0.05) is 31.1 Å². The van der Waals surface area contributed by atoms with Crippen molar-refractivity contribution in [2.45, 2.75) is 12.5 Å². The summed E-state index contributed by atoms with van der Waals surface area (Å²) in [6.07, 6.45) is 4.79. The summed E-state index contributed by atoms with van der Waals surface area (Å²) < 4.78 is 0. The maximum absolute atomic E-state index is 11.5. The van der Waals surface area contributed by atoms with Crippen LogP contribution in [0, 0.1) is 10.1 Å². The van der Waals surface area contributed by atoms with Gasteiger partial charge in [0.1, 0.15) is 6.04 Å². The summed E-state index contributed by atoms with van der Waals surface area (Å²) in [4.78, 5) is 28.9. The topological polar surface area (TPSA) is 135 Å². The van der Waals surface area contributed by atoms with Gasteiger partial charge in [0.2, 0.25) is 0 Å². The predicted molar refractivity (Wildman–Crippen MR) is 87.5 cm³/mol. The zero-order valence-corrected chi connectivity index (χ0v) is 12.5. The van der Waals surface area contributed by atoms with Crippen LogP contribution < -0.4 is 5.73 Å². The number of hydrogen-bond donors (Lipinski definition) is 3. The molecule has 0 unspecified atom stereocenters. The molecule has 4 N–H and O–H groups in total. The van der Waals surface area contributed by atoms with E-state index in [2.05, 4.69) is 9.97 Å². The molecule has 1 atom stereocenters. The number of non-ortho nitro benzene ring substituents is 1. The Labute approximate surface area is 136 Å². The van der Waals surface area contributed by atoms with Crippen LogP contribution in [-0.2, 0) is 11.2 Å². The molecule has 0 fully saturated rings. The molecule has 3 rings (SSSR count). The molecule has 2 heterocycles. The average Bonchev–Trinajstić information content (AvgIpc) is 2.97. The predicted octanol–water partition coefficient (Wildman–Crippen LogP) is 2.09. The third kappa shape index (κ3) is 2.82. The number of aliphatic carboxylic acids is 1. The van der Waals surface area contributed by atoms with Gasteiger partial charge in [0.15, 0.2) is 0 Å². The van der Waals surface area contributed by atoms with Crippen molar-refractivity contribution in [3.8, 4) is 11.1 Å². The molecule has 3 aromatic rings. The fourth-order valence-electron chi connectivity index (χ4n) is 2.66. The molecule has 2 aromatic heterocycles. The number of aromatic amines is 1. The van der Waals surface area contributed by atoms with E-state index in [4.69, 9.17) is 10.8 Å². The first-order valence-electron chi connectivity index (χ1n) is 7.14. The van der Waals surface area contributed by atoms with E-state index < -0.39 is 16.9 Å². The number of fused-ring (bicyclic) bond motifs is 1. The van der Waals surface area contributed by atoms with Crippen LogP contribution in [0.25, 0.3) is 22.0 Å². The lowest BCUT2D eigenvalue weighted by atomic mass is 10.00. The first kappa shape index (κ1) is 15.6. The van der Waals surface area contributed by atoms with E-state index >= 15 is 0 Å². The standard InChI is InChI=1S/C16H14N4O4/c17-12(16(21)22)5-11-8-19-13-6-10(9-1-3-18-4-2-9)7-14(15(11)13)20(23)24/h1-4,6-8,12,19H,5,17H2,(H,21,22)/t12-/m0/s1. The molecule has 122 valence electrons. The van der Waals surface area contributed by atoms with Crippen molar-refractivity contribution >= 4 is 22.6 Å². The lowest BCUT2D eigenvalue weighted by molar-refractivity contribution is -0.383. The quantitative estimate of drug-likeness (QED) is 0.485. The van der Waals surface area contributed by atoms with E-state index in [1.165, 1.54) is 6.07 Å². The van der Waals surface area contributed by atoms with Gasteiger partial charge in [-0.3, -0.25) is 19.9 Å². The van der Waals surface area contributed by atoms with Crippen molar-refractivity contribution in [1.29, 1.82) is 0 Å². The number of rotatable bonds is 5. The fraction of sp³-hybridized carbons (Fsp3) is 0.125. The van der Waals surface area contributed by atoms with Gasteiger partial charge in [-0.15, -0.1) is 0 Å². The highest BCUT2D eigenvalue weighted by Crippen LogP contribution is 2.34. The molecule has 0 saturated carbocycles. The number of nitrogens with one attached hydrogen (secondary N) is 1. The van der Waals surface area contributed by atoms with E-state index in [-0.39, 0.29) is 12.1 Å². The summed E-state index contributed by atoms with van der Waals surface area (Å²) in [6.45, 7) is 0. The molecule has 0 amide bonds. The third-order valence-electron chi connectivity index (χ3n) is 3.81. The van der Waals surface area contributed by atoms with Crippen molar-refractivity contribution in [3.63, 3.8) is 0 Å². The second-order valence-corrected chi connectivity index (χ2v) is 5.37. The fourth-order valence-corrected chi connectivity index (χ4v) is 2.66. The van der Waals surface area contributed by atoms with Gasteiger partial charge in [-0.2, -0.15) is 0 Å². The minimum Gasteiger partial charge on any atom is -0.480 e. The zero-order chi connectivity index (χ0) is 17.3. The number of nitrogens with zero attached hydrogens (tertiary/aromatic N) is 2. The monoisotopic (exact) mass is 326 g/mol. The first-order valence-corrected chi connectivity index (χ1v) is 7.14. The van der Waals surface area contributed by atoms with Crippen molar-refractivity contribution in [2.24, 2.45) is 5.73 Å². The molecule has 1 aromatic carbocycles. The van der Waals surface area contributed by atoms with E-state index in [9.17, 15) is 14.9 Å². The van der Waals surface area contributed by atoms with Crippen LogP contribution in [0.1, 0.15) is 5.56 Å². The number of pyridine rings is 1. The lowest BCUT2D eigenvalue weighted by Crippen LogP contribution is -2.32. The molecule has 0 aliphatic heterocycles. The summed E-state index contributed by atoms with van der Waals surface area (Å²) >= 11 is 0. The maximum atomic E-state index is 11.5. The van der Waals surface area contributed by atoms with E-state index in [0.29, 0.717) is 22.0 Å². The van der Waals surface area contributed by atoms with Gasteiger partial charge >= 0.3 is 5.97 Å². The molecule has 0 aliphatic carbocycles. The van der Waals surface area contributed by atoms with Crippen LogP contribution in [0.15, 0.2) is 42.9 Å². The molecule has 8 nitrogen and oxygen atoms in total. The van der Waals surface area contributed by atoms with Gasteiger partial charge < -0.3 is 15.8 Å². The number of hydrogen-bond acceptors (Lipinski definition) is 5. The molecule has 0 spiro atoms. The van der Waals surface area contributed by atoms with Crippen molar-refractivity contribution < 1.29 is 14.8 Å². The summed E-state index contributed by atoms with van der Waals surface area (Å²) in [6, 6.07) is 5.65. The highest BCUT2D eigenvalue weighted by Gasteiger charge is 2.22. The van der Waals surface area contributed by atoms with E-state index in [1.807, 2.05) is 0 Å². The molecule has 24 heavy (non-hydrogen) atoms. The summed E-state index contributed by atoms with van der Waals surface area (Å²) in [5.74, 6) is -1.15. The van der Waals surface area contributed by atoms with Crippen LogP contribution in [0.2, 0.25) is 0 Å². The largest absolute Gasteiger partial charge is 0.480 e. The summed E-state index contributed by atoms with van der Waals surface area (Å²) in [7, 11) is 0. The van der Waals surface area contributed by atoms with Gasteiger partial charge in [0.25, 0.3) is 5.69 Å². The van der Waals surface area contributed by atoms with Crippen LogP contribution >= 0.6 is 0 Å².